The smallest absolute Gasteiger partial charge is 0.0621 e. The van der Waals surface area contributed by atoms with E-state index in [2.05, 4.69) is 18.3 Å². The Morgan fingerprint density at radius 3 is 2.75 bits per heavy atom. The highest BCUT2D eigenvalue weighted by atomic mass is 14.9. The van der Waals surface area contributed by atoms with Gasteiger partial charge in [-0.2, -0.15) is 5.26 Å². The van der Waals surface area contributed by atoms with Crippen molar-refractivity contribution in [1.82, 2.24) is 5.32 Å². The second-order valence-corrected chi connectivity index (χ2v) is 3.84. The van der Waals surface area contributed by atoms with E-state index in [9.17, 15) is 0 Å². The van der Waals surface area contributed by atoms with E-state index in [1.807, 2.05) is 0 Å². The molecule has 1 saturated carbocycles. The molecule has 0 aromatic rings. The zero-order valence-corrected chi connectivity index (χ0v) is 7.84. The van der Waals surface area contributed by atoms with Crippen molar-refractivity contribution in [2.45, 2.75) is 45.1 Å². The molecule has 0 aromatic carbocycles. The topological polar surface area (TPSA) is 35.8 Å². The SMILES string of the molecule is CC1CC(NCCCCC#N)C1. The maximum absolute atomic E-state index is 8.30. The zero-order valence-electron chi connectivity index (χ0n) is 7.84. The van der Waals surface area contributed by atoms with Crippen LogP contribution in [-0.2, 0) is 0 Å². The minimum atomic E-state index is 0.711. The van der Waals surface area contributed by atoms with Gasteiger partial charge in [0.05, 0.1) is 6.07 Å². The Labute approximate surface area is 75.0 Å². The molecule has 68 valence electrons. The van der Waals surface area contributed by atoms with E-state index in [1.54, 1.807) is 0 Å². The molecule has 12 heavy (non-hydrogen) atoms. The second kappa shape index (κ2) is 5.16. The van der Waals surface area contributed by atoms with E-state index in [-0.39, 0.29) is 0 Å². The Balaban J connectivity index is 1.81. The fourth-order valence-corrected chi connectivity index (χ4v) is 1.70. The lowest BCUT2D eigenvalue weighted by Gasteiger charge is -2.33. The molecule has 0 spiro atoms. The number of nitriles is 1. The third-order valence-corrected chi connectivity index (χ3v) is 2.52. The van der Waals surface area contributed by atoms with Crippen LogP contribution in [0, 0.1) is 17.2 Å². The summed E-state index contributed by atoms with van der Waals surface area (Å²) in [6, 6.07) is 2.94. The molecule has 0 aromatic heterocycles. The molecule has 1 N–H and O–H groups in total. The van der Waals surface area contributed by atoms with E-state index in [0.717, 1.165) is 31.3 Å². The van der Waals surface area contributed by atoms with Gasteiger partial charge in [0.1, 0.15) is 0 Å². The van der Waals surface area contributed by atoms with Gasteiger partial charge in [-0.05, 0) is 38.1 Å². The summed E-state index contributed by atoms with van der Waals surface area (Å²) >= 11 is 0. The van der Waals surface area contributed by atoms with E-state index in [4.69, 9.17) is 5.26 Å². The molecule has 2 heteroatoms. The number of nitrogens with zero attached hydrogens (tertiary/aromatic N) is 1. The van der Waals surface area contributed by atoms with Crippen molar-refractivity contribution in [3.8, 4) is 6.07 Å². The zero-order chi connectivity index (χ0) is 8.81. The van der Waals surface area contributed by atoms with Gasteiger partial charge in [-0.15, -0.1) is 0 Å². The molecule has 0 bridgehead atoms. The molecule has 0 amide bonds. The number of rotatable bonds is 5. The van der Waals surface area contributed by atoms with Gasteiger partial charge < -0.3 is 5.32 Å². The average molecular weight is 166 g/mol. The highest BCUT2D eigenvalue weighted by Crippen LogP contribution is 2.25. The lowest BCUT2D eigenvalue weighted by atomic mass is 9.82. The summed E-state index contributed by atoms with van der Waals surface area (Å²) in [6.07, 6.45) is 5.60. The van der Waals surface area contributed by atoms with Crippen LogP contribution in [0.2, 0.25) is 0 Å². The van der Waals surface area contributed by atoms with Crippen molar-refractivity contribution < 1.29 is 0 Å². The standard InChI is InChI=1S/C10H18N2/c1-9-7-10(8-9)12-6-4-2-3-5-11/h9-10,12H,2-4,6-8H2,1H3. The van der Waals surface area contributed by atoms with Crippen LogP contribution in [0.3, 0.4) is 0 Å². The van der Waals surface area contributed by atoms with Crippen LogP contribution in [0.5, 0.6) is 0 Å². The van der Waals surface area contributed by atoms with E-state index in [0.29, 0.717) is 6.42 Å². The van der Waals surface area contributed by atoms with Gasteiger partial charge in [-0.25, -0.2) is 0 Å². The summed E-state index contributed by atoms with van der Waals surface area (Å²) in [5.41, 5.74) is 0. The van der Waals surface area contributed by atoms with Gasteiger partial charge in [-0.3, -0.25) is 0 Å². The van der Waals surface area contributed by atoms with E-state index < -0.39 is 0 Å². The average Bonchev–Trinajstić information content (AvgIpc) is 2.00. The first kappa shape index (κ1) is 9.54. The van der Waals surface area contributed by atoms with Gasteiger partial charge in [0.15, 0.2) is 0 Å². The molecule has 0 atom stereocenters. The van der Waals surface area contributed by atoms with Crippen molar-refractivity contribution >= 4 is 0 Å². The predicted molar refractivity (Wildman–Crippen MR) is 49.7 cm³/mol. The van der Waals surface area contributed by atoms with Crippen molar-refractivity contribution in [3.05, 3.63) is 0 Å². The number of unbranched alkanes of at least 4 members (excludes halogenated alkanes) is 2. The predicted octanol–water partition coefficient (Wildman–Crippen LogP) is 2.07. The molecule has 0 radical (unpaired) electrons. The summed E-state index contributed by atoms with van der Waals surface area (Å²) in [5, 5.41) is 11.8. The van der Waals surface area contributed by atoms with Crippen LogP contribution in [0.25, 0.3) is 0 Å². The third-order valence-electron chi connectivity index (χ3n) is 2.52. The largest absolute Gasteiger partial charge is 0.314 e. The van der Waals surface area contributed by atoms with Crippen LogP contribution in [0.1, 0.15) is 39.0 Å². The Kier molecular flexibility index (Phi) is 4.10. The Hall–Kier alpha value is -0.550. The molecule has 2 nitrogen and oxygen atoms in total. The second-order valence-electron chi connectivity index (χ2n) is 3.84. The fraction of sp³-hybridized carbons (Fsp3) is 0.900. The van der Waals surface area contributed by atoms with Gasteiger partial charge in [0.25, 0.3) is 0 Å². The van der Waals surface area contributed by atoms with Gasteiger partial charge in [-0.1, -0.05) is 6.92 Å². The van der Waals surface area contributed by atoms with Crippen LogP contribution in [-0.4, -0.2) is 12.6 Å². The fourth-order valence-electron chi connectivity index (χ4n) is 1.70. The molecule has 1 fully saturated rings. The first-order valence-corrected chi connectivity index (χ1v) is 4.93. The molecular weight excluding hydrogens is 148 g/mol. The number of hydrogen-bond acceptors (Lipinski definition) is 2. The maximum atomic E-state index is 8.30. The minimum absolute atomic E-state index is 0.711. The summed E-state index contributed by atoms with van der Waals surface area (Å²) < 4.78 is 0. The molecule has 0 saturated heterocycles. The molecule has 0 aliphatic heterocycles. The highest BCUT2D eigenvalue weighted by molar-refractivity contribution is 4.82. The van der Waals surface area contributed by atoms with Crippen molar-refractivity contribution in [2.75, 3.05) is 6.54 Å². The number of nitrogens with one attached hydrogen (secondary N) is 1. The molecule has 1 aliphatic rings. The summed E-state index contributed by atoms with van der Waals surface area (Å²) in [4.78, 5) is 0. The van der Waals surface area contributed by atoms with Crippen LogP contribution < -0.4 is 5.32 Å². The lowest BCUT2D eigenvalue weighted by molar-refractivity contribution is 0.241. The molecular formula is C10H18N2. The van der Waals surface area contributed by atoms with Crippen LogP contribution in [0.4, 0.5) is 0 Å². The van der Waals surface area contributed by atoms with Crippen molar-refractivity contribution in [1.29, 1.82) is 5.26 Å². The van der Waals surface area contributed by atoms with Gasteiger partial charge in [0.2, 0.25) is 0 Å². The van der Waals surface area contributed by atoms with Gasteiger partial charge >= 0.3 is 0 Å². The number of hydrogen-bond donors (Lipinski definition) is 1. The minimum Gasteiger partial charge on any atom is -0.314 e. The molecule has 0 heterocycles. The first-order valence-electron chi connectivity index (χ1n) is 4.93. The quantitative estimate of drug-likeness (QED) is 0.635. The highest BCUT2D eigenvalue weighted by Gasteiger charge is 2.23. The maximum Gasteiger partial charge on any atom is 0.0621 e. The molecule has 1 rings (SSSR count). The molecule has 1 aliphatic carbocycles. The summed E-state index contributed by atoms with van der Waals surface area (Å²) in [6.45, 7) is 3.40. The third kappa shape index (κ3) is 3.23. The first-order chi connectivity index (χ1) is 5.83. The lowest BCUT2D eigenvalue weighted by Crippen LogP contribution is -2.40. The van der Waals surface area contributed by atoms with Crippen LogP contribution >= 0.6 is 0 Å². The normalized spacial score (nSPS) is 27.7. The van der Waals surface area contributed by atoms with Crippen molar-refractivity contribution in [2.24, 2.45) is 5.92 Å². The Morgan fingerprint density at radius 2 is 2.17 bits per heavy atom. The summed E-state index contributed by atoms with van der Waals surface area (Å²) in [5.74, 6) is 0.932. The Bertz CT molecular complexity index is 154. The van der Waals surface area contributed by atoms with Gasteiger partial charge in [0, 0.05) is 12.5 Å². The monoisotopic (exact) mass is 166 g/mol. The van der Waals surface area contributed by atoms with E-state index >= 15 is 0 Å². The summed E-state index contributed by atoms with van der Waals surface area (Å²) in [7, 11) is 0. The Morgan fingerprint density at radius 1 is 1.42 bits per heavy atom. The van der Waals surface area contributed by atoms with E-state index in [1.165, 1.54) is 12.8 Å². The van der Waals surface area contributed by atoms with Crippen LogP contribution in [0.15, 0.2) is 0 Å². The molecule has 0 unspecified atom stereocenters. The van der Waals surface area contributed by atoms with Crippen molar-refractivity contribution in [3.63, 3.8) is 0 Å².